The van der Waals surface area contributed by atoms with Gasteiger partial charge in [0.15, 0.2) is 0 Å². The smallest absolute Gasteiger partial charge is 0.248 e. The molecule has 0 saturated carbocycles. The van der Waals surface area contributed by atoms with E-state index in [1.165, 1.54) is 0 Å². The number of hydrogen-bond acceptors (Lipinski definition) is 7. The van der Waals surface area contributed by atoms with Gasteiger partial charge in [-0.25, -0.2) is 4.98 Å². The van der Waals surface area contributed by atoms with Crippen LogP contribution in [0.1, 0.15) is 38.6 Å². The Balaban J connectivity index is 1.48. The van der Waals surface area contributed by atoms with Crippen LogP contribution in [0, 0.1) is 16.7 Å². The minimum absolute atomic E-state index is 0.186. The van der Waals surface area contributed by atoms with Gasteiger partial charge in [0.2, 0.25) is 11.9 Å². The van der Waals surface area contributed by atoms with Crippen LogP contribution in [0.5, 0.6) is 0 Å². The Hall–Kier alpha value is -2.99. The van der Waals surface area contributed by atoms with Gasteiger partial charge < -0.3 is 10.1 Å². The molecule has 4 heterocycles. The summed E-state index contributed by atoms with van der Waals surface area (Å²) < 4.78 is 7.34. The molecule has 28 heavy (non-hydrogen) atoms. The van der Waals surface area contributed by atoms with Gasteiger partial charge in [-0.3, -0.25) is 14.4 Å². The van der Waals surface area contributed by atoms with E-state index in [0.29, 0.717) is 37.2 Å². The van der Waals surface area contributed by atoms with Gasteiger partial charge in [-0.1, -0.05) is 6.92 Å². The molecule has 2 fully saturated rings. The van der Waals surface area contributed by atoms with Crippen LogP contribution in [0.2, 0.25) is 0 Å². The highest BCUT2D eigenvalue weighted by molar-refractivity contribution is 6.01. The molecule has 0 spiro atoms. The number of nitriles is 1. The molecule has 1 unspecified atom stereocenters. The van der Waals surface area contributed by atoms with Crippen molar-refractivity contribution in [2.24, 2.45) is 5.41 Å². The van der Waals surface area contributed by atoms with Crippen LogP contribution in [0.15, 0.2) is 24.7 Å². The number of nitrogens with one attached hydrogen (secondary N) is 1. The van der Waals surface area contributed by atoms with Crippen LogP contribution in [-0.2, 0) is 9.53 Å². The molecular weight excluding hydrogens is 358 g/mol. The van der Waals surface area contributed by atoms with Crippen LogP contribution >= 0.6 is 0 Å². The molecule has 1 atom stereocenters. The summed E-state index contributed by atoms with van der Waals surface area (Å²) in [7, 11) is 0. The normalized spacial score (nSPS) is 23.0. The molecule has 2 aliphatic rings. The summed E-state index contributed by atoms with van der Waals surface area (Å²) in [6.07, 6.45) is 8.20. The maximum atomic E-state index is 12.7. The summed E-state index contributed by atoms with van der Waals surface area (Å²) >= 11 is 0. The molecule has 146 valence electrons. The molecule has 0 aliphatic carbocycles. The Bertz CT molecular complexity index is 900. The topological polar surface area (TPSA) is 109 Å². The SMILES string of the molecule is CCC1(C#N)CCN(c2ccnc(Nc3cnn(C4CCOCC4)c3)n2)C1=O. The van der Waals surface area contributed by atoms with Gasteiger partial charge in [0.05, 0.1) is 24.0 Å². The van der Waals surface area contributed by atoms with Crippen LogP contribution in [0.3, 0.4) is 0 Å². The summed E-state index contributed by atoms with van der Waals surface area (Å²) in [5.41, 5.74) is -0.153. The van der Waals surface area contributed by atoms with Gasteiger partial charge >= 0.3 is 0 Å². The molecule has 9 heteroatoms. The van der Waals surface area contributed by atoms with Crippen molar-refractivity contribution < 1.29 is 9.53 Å². The van der Waals surface area contributed by atoms with Gasteiger partial charge in [-0.15, -0.1) is 0 Å². The second kappa shape index (κ2) is 7.56. The number of ether oxygens (including phenoxy) is 1. The molecule has 1 N–H and O–H groups in total. The first kappa shape index (κ1) is 18.4. The lowest BCUT2D eigenvalue weighted by Gasteiger charge is -2.22. The third-order valence-corrected chi connectivity index (χ3v) is 5.57. The Morgan fingerprint density at radius 1 is 1.43 bits per heavy atom. The van der Waals surface area contributed by atoms with Crippen LogP contribution < -0.4 is 10.2 Å². The Kier molecular flexibility index (Phi) is 4.96. The van der Waals surface area contributed by atoms with Crippen molar-refractivity contribution in [1.82, 2.24) is 19.7 Å². The number of hydrogen-bond donors (Lipinski definition) is 1. The Labute approximate surface area is 163 Å². The third kappa shape index (κ3) is 3.31. The van der Waals surface area contributed by atoms with Crippen molar-refractivity contribution in [3.05, 3.63) is 24.7 Å². The summed E-state index contributed by atoms with van der Waals surface area (Å²) in [5.74, 6) is 0.710. The molecule has 2 aromatic rings. The highest BCUT2D eigenvalue weighted by Crippen LogP contribution is 2.36. The summed E-state index contributed by atoms with van der Waals surface area (Å²) in [4.78, 5) is 23.0. The average Bonchev–Trinajstić information content (AvgIpc) is 3.33. The molecule has 2 aromatic heterocycles. The maximum Gasteiger partial charge on any atom is 0.248 e. The summed E-state index contributed by atoms with van der Waals surface area (Å²) in [6, 6.07) is 4.23. The molecular formula is C19H23N7O2. The number of amides is 1. The fraction of sp³-hybridized carbons (Fsp3) is 0.526. The average molecular weight is 381 g/mol. The number of aromatic nitrogens is 4. The molecule has 0 bridgehead atoms. The lowest BCUT2D eigenvalue weighted by atomic mass is 9.85. The zero-order chi connectivity index (χ0) is 19.6. The van der Waals surface area contributed by atoms with E-state index < -0.39 is 5.41 Å². The minimum Gasteiger partial charge on any atom is -0.381 e. The van der Waals surface area contributed by atoms with E-state index in [-0.39, 0.29) is 5.91 Å². The van der Waals surface area contributed by atoms with E-state index in [0.717, 1.165) is 31.7 Å². The van der Waals surface area contributed by atoms with Crippen molar-refractivity contribution in [1.29, 1.82) is 5.26 Å². The first-order chi connectivity index (χ1) is 13.6. The van der Waals surface area contributed by atoms with Gasteiger partial charge in [-0.05, 0) is 31.7 Å². The number of rotatable bonds is 5. The van der Waals surface area contributed by atoms with E-state index in [1.807, 2.05) is 17.8 Å². The molecule has 4 rings (SSSR count). The minimum atomic E-state index is -0.941. The predicted molar refractivity (Wildman–Crippen MR) is 102 cm³/mol. The molecule has 1 amide bonds. The first-order valence-electron chi connectivity index (χ1n) is 9.60. The van der Waals surface area contributed by atoms with Gasteiger partial charge in [0.1, 0.15) is 11.2 Å². The van der Waals surface area contributed by atoms with Crippen molar-refractivity contribution in [2.75, 3.05) is 30.0 Å². The van der Waals surface area contributed by atoms with Crippen molar-refractivity contribution in [3.8, 4) is 6.07 Å². The lowest BCUT2D eigenvalue weighted by molar-refractivity contribution is -0.123. The third-order valence-electron chi connectivity index (χ3n) is 5.57. The van der Waals surface area contributed by atoms with E-state index in [1.54, 1.807) is 23.4 Å². The van der Waals surface area contributed by atoms with Gasteiger partial charge in [0.25, 0.3) is 0 Å². The first-order valence-corrected chi connectivity index (χ1v) is 9.60. The monoisotopic (exact) mass is 381 g/mol. The summed E-state index contributed by atoms with van der Waals surface area (Å²) in [5, 5.41) is 17.0. The fourth-order valence-electron chi connectivity index (χ4n) is 3.74. The number of carbonyl (C=O) groups is 1. The summed E-state index contributed by atoms with van der Waals surface area (Å²) in [6.45, 7) is 3.86. The molecule has 2 saturated heterocycles. The molecule has 9 nitrogen and oxygen atoms in total. The number of anilines is 3. The van der Waals surface area contributed by atoms with E-state index in [4.69, 9.17) is 4.74 Å². The molecule has 2 aliphatic heterocycles. The molecule has 0 radical (unpaired) electrons. The Morgan fingerprint density at radius 3 is 2.96 bits per heavy atom. The van der Waals surface area contributed by atoms with E-state index in [2.05, 4.69) is 26.5 Å². The quantitative estimate of drug-likeness (QED) is 0.847. The number of nitrogens with zero attached hydrogens (tertiary/aromatic N) is 6. The van der Waals surface area contributed by atoms with E-state index >= 15 is 0 Å². The van der Waals surface area contributed by atoms with Crippen molar-refractivity contribution in [2.45, 2.75) is 38.6 Å². The van der Waals surface area contributed by atoms with Crippen LogP contribution in [-0.4, -0.2) is 45.4 Å². The van der Waals surface area contributed by atoms with Crippen molar-refractivity contribution in [3.63, 3.8) is 0 Å². The lowest BCUT2D eigenvalue weighted by Crippen LogP contribution is -2.33. The number of carbonyl (C=O) groups excluding carboxylic acids is 1. The predicted octanol–water partition coefficient (Wildman–Crippen LogP) is 2.42. The highest BCUT2D eigenvalue weighted by atomic mass is 16.5. The van der Waals surface area contributed by atoms with Gasteiger partial charge in [-0.2, -0.15) is 15.3 Å². The van der Waals surface area contributed by atoms with Crippen molar-refractivity contribution >= 4 is 23.4 Å². The second-order valence-corrected chi connectivity index (χ2v) is 7.17. The Morgan fingerprint density at radius 2 is 2.25 bits per heavy atom. The fourth-order valence-corrected chi connectivity index (χ4v) is 3.74. The largest absolute Gasteiger partial charge is 0.381 e. The highest BCUT2D eigenvalue weighted by Gasteiger charge is 2.46. The zero-order valence-corrected chi connectivity index (χ0v) is 15.8. The van der Waals surface area contributed by atoms with Crippen LogP contribution in [0.25, 0.3) is 0 Å². The van der Waals surface area contributed by atoms with Gasteiger partial charge in [0, 0.05) is 32.2 Å². The second-order valence-electron chi connectivity index (χ2n) is 7.17. The standard InChI is InChI=1S/C19H23N7O2/c1-2-19(13-20)6-8-25(17(19)27)16-3-7-21-18(24-16)23-14-11-22-26(12-14)15-4-9-28-10-5-15/h3,7,11-12,15H,2,4-6,8-10H2,1H3,(H,21,23,24). The zero-order valence-electron chi connectivity index (χ0n) is 15.8. The maximum absolute atomic E-state index is 12.7. The molecule has 0 aromatic carbocycles. The van der Waals surface area contributed by atoms with E-state index in [9.17, 15) is 10.1 Å². The van der Waals surface area contributed by atoms with Crippen LogP contribution in [0.4, 0.5) is 17.5 Å².